The number of fused-ring (bicyclic) bond motifs is 1. The zero-order chi connectivity index (χ0) is 19.7. The Hall–Kier alpha value is -2.39. The molecule has 4 rings (SSSR count). The molecule has 146 valence electrons. The fourth-order valence-electron chi connectivity index (χ4n) is 3.54. The van der Waals surface area contributed by atoms with Gasteiger partial charge in [0.25, 0.3) is 5.56 Å². The van der Waals surface area contributed by atoms with Crippen LogP contribution in [0.5, 0.6) is 0 Å². The number of nitrogens with one attached hydrogen (secondary N) is 1. The fourth-order valence-corrected chi connectivity index (χ4v) is 5.03. The number of thioether (sulfide) groups is 1. The molecule has 0 saturated heterocycles. The Morgan fingerprint density at radius 2 is 1.96 bits per heavy atom. The van der Waals surface area contributed by atoms with Crippen LogP contribution >= 0.6 is 23.1 Å². The minimum atomic E-state index is -0.553. The molecule has 28 heavy (non-hydrogen) atoms. The van der Waals surface area contributed by atoms with Crippen LogP contribution in [-0.2, 0) is 11.3 Å². The Labute approximate surface area is 169 Å². The van der Waals surface area contributed by atoms with Crippen molar-refractivity contribution in [1.29, 1.82) is 0 Å². The summed E-state index contributed by atoms with van der Waals surface area (Å²) in [6.45, 7) is -0.156. The van der Waals surface area contributed by atoms with Crippen LogP contribution in [0.1, 0.15) is 25.7 Å². The third kappa shape index (κ3) is 3.51. The summed E-state index contributed by atoms with van der Waals surface area (Å²) in [5.41, 5.74) is -0.207. The fraction of sp³-hybridized carbons (Fsp3) is 0.368. The maximum Gasteiger partial charge on any atom is 0.337 e. The van der Waals surface area contributed by atoms with E-state index in [2.05, 4.69) is 10.3 Å². The molecular formula is C19H20N4O3S2. The summed E-state index contributed by atoms with van der Waals surface area (Å²) in [5.74, 6) is -0.229. The molecule has 0 aliphatic heterocycles. The molecule has 3 aromatic rings. The summed E-state index contributed by atoms with van der Waals surface area (Å²) in [4.78, 5) is 43.2. The van der Waals surface area contributed by atoms with Crippen LogP contribution in [0, 0.1) is 0 Å². The molecule has 1 N–H and O–H groups in total. The lowest BCUT2D eigenvalue weighted by molar-refractivity contribution is -0.122. The average Bonchev–Trinajstić information content (AvgIpc) is 3.36. The van der Waals surface area contributed by atoms with Crippen molar-refractivity contribution < 1.29 is 4.79 Å². The van der Waals surface area contributed by atoms with Crippen molar-refractivity contribution in [2.75, 3.05) is 6.26 Å². The van der Waals surface area contributed by atoms with E-state index in [1.54, 1.807) is 24.3 Å². The van der Waals surface area contributed by atoms with Gasteiger partial charge in [0, 0.05) is 6.04 Å². The summed E-state index contributed by atoms with van der Waals surface area (Å²) in [7, 11) is 0. The Morgan fingerprint density at radius 1 is 1.25 bits per heavy atom. The molecule has 2 heterocycles. The van der Waals surface area contributed by atoms with Gasteiger partial charge in [-0.15, -0.1) is 11.3 Å². The molecule has 1 aromatic carbocycles. The van der Waals surface area contributed by atoms with E-state index < -0.39 is 11.2 Å². The predicted molar refractivity (Wildman–Crippen MR) is 112 cm³/mol. The number of rotatable bonds is 5. The van der Waals surface area contributed by atoms with Gasteiger partial charge in [0.2, 0.25) is 5.91 Å². The summed E-state index contributed by atoms with van der Waals surface area (Å²) < 4.78 is 3.49. The third-order valence-corrected chi connectivity index (χ3v) is 6.89. The van der Waals surface area contributed by atoms with Gasteiger partial charge in [0.15, 0.2) is 9.99 Å². The number of benzene rings is 1. The highest BCUT2D eigenvalue weighted by molar-refractivity contribution is 8.00. The lowest BCUT2D eigenvalue weighted by Crippen LogP contribution is -2.43. The highest BCUT2D eigenvalue weighted by Gasteiger charge is 2.22. The number of hydrogen-bond acceptors (Lipinski definition) is 6. The van der Waals surface area contributed by atoms with Crippen molar-refractivity contribution in [3.05, 3.63) is 51.2 Å². The first-order chi connectivity index (χ1) is 13.6. The van der Waals surface area contributed by atoms with Gasteiger partial charge in [0.05, 0.1) is 5.69 Å². The highest BCUT2D eigenvalue weighted by atomic mass is 32.2. The molecule has 0 radical (unpaired) electrons. The third-order valence-electron chi connectivity index (χ3n) is 4.88. The first kappa shape index (κ1) is 18.9. The first-order valence-corrected chi connectivity index (χ1v) is 11.2. The normalized spacial score (nSPS) is 14.6. The van der Waals surface area contributed by atoms with Crippen molar-refractivity contribution in [2.24, 2.45) is 0 Å². The zero-order valence-corrected chi connectivity index (χ0v) is 17.0. The number of nitrogens with zero attached hydrogens (tertiary/aromatic N) is 3. The van der Waals surface area contributed by atoms with Crippen molar-refractivity contribution in [1.82, 2.24) is 19.4 Å². The van der Waals surface area contributed by atoms with Crippen LogP contribution in [0.4, 0.5) is 0 Å². The van der Waals surface area contributed by atoms with E-state index >= 15 is 0 Å². The predicted octanol–water partition coefficient (Wildman–Crippen LogP) is 2.39. The van der Waals surface area contributed by atoms with Crippen molar-refractivity contribution >= 4 is 39.4 Å². The van der Waals surface area contributed by atoms with Gasteiger partial charge < -0.3 is 5.32 Å². The Balaban J connectivity index is 1.84. The van der Waals surface area contributed by atoms with Gasteiger partial charge in [-0.05, 0) is 31.2 Å². The van der Waals surface area contributed by atoms with Crippen LogP contribution in [0.3, 0.4) is 0 Å². The number of thiazole rings is 1. The SMILES string of the molecule is CSc1nc2c(s1)c(=O)n(-c1ccccc1)c(=O)n2CC(=O)NC1CCCC1. The second-order valence-electron chi connectivity index (χ2n) is 6.73. The number of carbonyl (C=O) groups is 1. The van der Waals surface area contributed by atoms with Crippen LogP contribution in [0.25, 0.3) is 16.0 Å². The molecule has 1 amide bonds. The molecule has 1 saturated carbocycles. The van der Waals surface area contributed by atoms with Gasteiger partial charge in [-0.1, -0.05) is 42.8 Å². The molecule has 1 aliphatic rings. The largest absolute Gasteiger partial charge is 0.352 e. The minimum absolute atomic E-state index is 0.156. The smallest absolute Gasteiger partial charge is 0.337 e. The van der Waals surface area contributed by atoms with E-state index in [9.17, 15) is 14.4 Å². The van der Waals surface area contributed by atoms with Crippen LogP contribution in [0.15, 0.2) is 44.3 Å². The zero-order valence-electron chi connectivity index (χ0n) is 15.4. The number of aromatic nitrogens is 3. The molecular weight excluding hydrogens is 396 g/mol. The lowest BCUT2D eigenvalue weighted by atomic mass is 10.2. The maximum atomic E-state index is 13.2. The second-order valence-corrected chi connectivity index (χ2v) is 8.78. The molecule has 0 unspecified atom stereocenters. The van der Waals surface area contributed by atoms with Gasteiger partial charge in [-0.2, -0.15) is 0 Å². The van der Waals surface area contributed by atoms with Crippen LogP contribution in [-0.4, -0.2) is 32.3 Å². The Morgan fingerprint density at radius 3 is 2.64 bits per heavy atom. The van der Waals surface area contributed by atoms with E-state index in [0.717, 1.165) is 30.3 Å². The monoisotopic (exact) mass is 416 g/mol. The van der Waals surface area contributed by atoms with Crippen LogP contribution < -0.4 is 16.6 Å². The number of amides is 1. The molecule has 0 atom stereocenters. The van der Waals surface area contributed by atoms with Crippen molar-refractivity contribution in [3.8, 4) is 5.69 Å². The van der Waals surface area contributed by atoms with E-state index in [0.29, 0.717) is 14.7 Å². The second kappa shape index (κ2) is 7.92. The van der Waals surface area contributed by atoms with E-state index in [1.807, 2.05) is 12.3 Å². The summed E-state index contributed by atoms with van der Waals surface area (Å²) in [5, 5.41) is 3.00. The molecule has 1 fully saturated rings. The molecule has 2 aromatic heterocycles. The summed E-state index contributed by atoms with van der Waals surface area (Å²) in [6.07, 6.45) is 6.01. The molecule has 9 heteroatoms. The van der Waals surface area contributed by atoms with E-state index in [-0.39, 0.29) is 24.1 Å². The van der Waals surface area contributed by atoms with E-state index in [1.165, 1.54) is 27.7 Å². The highest BCUT2D eigenvalue weighted by Crippen LogP contribution is 2.25. The molecule has 0 spiro atoms. The standard InChI is InChI=1S/C19H20N4O3S2/c1-27-18-21-16-15(28-18)17(25)23(13-9-3-2-4-10-13)19(26)22(16)11-14(24)20-12-7-5-6-8-12/h2-4,9-10,12H,5-8,11H2,1H3,(H,20,24). The topological polar surface area (TPSA) is 86.0 Å². The quantitative estimate of drug-likeness (QED) is 0.646. The summed E-state index contributed by atoms with van der Waals surface area (Å²) in [6, 6.07) is 8.92. The lowest BCUT2D eigenvalue weighted by Gasteiger charge is -2.14. The van der Waals surface area contributed by atoms with Gasteiger partial charge >= 0.3 is 5.69 Å². The average molecular weight is 417 g/mol. The number of carbonyl (C=O) groups excluding carboxylic acids is 1. The minimum Gasteiger partial charge on any atom is -0.352 e. The molecule has 7 nitrogen and oxygen atoms in total. The Bertz CT molecular complexity index is 1130. The van der Waals surface area contributed by atoms with E-state index in [4.69, 9.17) is 0 Å². The first-order valence-electron chi connectivity index (χ1n) is 9.13. The van der Waals surface area contributed by atoms with Gasteiger partial charge in [-0.3, -0.25) is 14.2 Å². The maximum absolute atomic E-state index is 13.2. The van der Waals surface area contributed by atoms with Crippen LogP contribution in [0.2, 0.25) is 0 Å². The van der Waals surface area contributed by atoms with Gasteiger partial charge in [-0.25, -0.2) is 14.3 Å². The van der Waals surface area contributed by atoms with Gasteiger partial charge in [0.1, 0.15) is 11.2 Å². The molecule has 1 aliphatic carbocycles. The Kier molecular flexibility index (Phi) is 5.36. The van der Waals surface area contributed by atoms with Crippen molar-refractivity contribution in [2.45, 2.75) is 42.6 Å². The number of hydrogen-bond donors (Lipinski definition) is 1. The molecule has 0 bridgehead atoms. The van der Waals surface area contributed by atoms with Crippen molar-refractivity contribution in [3.63, 3.8) is 0 Å². The number of para-hydroxylation sites is 1. The summed E-state index contributed by atoms with van der Waals surface area (Å²) >= 11 is 2.65.